The van der Waals surface area contributed by atoms with Crippen LogP contribution in [-0.4, -0.2) is 112 Å². The minimum Gasteiger partial charge on any atom is -0.480 e. The monoisotopic (exact) mass is 669 g/mol. The first-order valence-corrected chi connectivity index (χ1v) is 16.5. The number of nitrogens with one attached hydrogen (secondary N) is 1. The largest absolute Gasteiger partial charge is 0.480 e. The zero-order valence-electron chi connectivity index (χ0n) is 27.1. The second kappa shape index (κ2) is 12.3. The van der Waals surface area contributed by atoms with Crippen molar-refractivity contribution in [3.8, 4) is 23.1 Å². The zero-order valence-corrected chi connectivity index (χ0v) is 27.9. The van der Waals surface area contributed by atoms with E-state index in [-0.39, 0.29) is 66.0 Å². The van der Waals surface area contributed by atoms with Gasteiger partial charge in [0, 0.05) is 34.0 Å². The van der Waals surface area contributed by atoms with Crippen molar-refractivity contribution in [2.24, 2.45) is 5.41 Å². The molecule has 0 unspecified atom stereocenters. The molecule has 1 aliphatic carbocycles. The number of aromatic nitrogens is 5. The van der Waals surface area contributed by atoms with Crippen LogP contribution in [0.4, 0.5) is 10.2 Å². The number of fused-ring (bicyclic) bond motifs is 3. The number of rotatable bonds is 7. The summed E-state index contributed by atoms with van der Waals surface area (Å²) in [6.45, 7) is 4.87. The van der Waals surface area contributed by atoms with Crippen molar-refractivity contribution in [2.45, 2.75) is 63.7 Å². The highest BCUT2D eigenvalue weighted by Gasteiger charge is 2.47. The van der Waals surface area contributed by atoms with E-state index in [4.69, 9.17) is 30.8 Å². The quantitative estimate of drug-likeness (QED) is 0.260. The molecule has 7 rings (SSSR count). The number of ether oxygens (including phenoxy) is 3. The van der Waals surface area contributed by atoms with Gasteiger partial charge in [-0.2, -0.15) is 15.1 Å². The number of H-pyrrole nitrogens is 1. The molecule has 3 aliphatic rings. The van der Waals surface area contributed by atoms with E-state index in [9.17, 15) is 10.2 Å². The van der Waals surface area contributed by atoms with Gasteiger partial charge < -0.3 is 34.2 Å². The van der Waals surface area contributed by atoms with E-state index in [1.807, 2.05) is 0 Å². The predicted octanol–water partition coefficient (Wildman–Crippen LogP) is 4.27. The number of anilines is 1. The van der Waals surface area contributed by atoms with Crippen LogP contribution in [0.3, 0.4) is 0 Å². The summed E-state index contributed by atoms with van der Waals surface area (Å²) in [5, 5.41) is 29.6. The maximum Gasteiger partial charge on any atom is 0.319 e. The topological polar surface area (TPSA) is 142 Å². The van der Waals surface area contributed by atoms with Crippen molar-refractivity contribution in [3.63, 3.8) is 0 Å². The van der Waals surface area contributed by atoms with Gasteiger partial charge in [0.05, 0.1) is 51.3 Å². The lowest BCUT2D eigenvalue weighted by molar-refractivity contribution is -0.0528. The molecule has 3 N–H and O–H groups in total. The van der Waals surface area contributed by atoms with E-state index >= 15 is 4.39 Å². The molecule has 0 radical (unpaired) electrons. The maximum atomic E-state index is 17.1. The Labute approximate surface area is 277 Å². The molecule has 3 fully saturated rings. The van der Waals surface area contributed by atoms with E-state index in [1.165, 1.54) is 7.11 Å². The SMILES string of the molecule is COc1nc(-c2c(C)c(Cl)cc3[nH]ncc23)c(F)c2nc(OC[C@]34CCC[C@H]3N(C)CCC4)nc(N3C[C@H](CO)OC[C@@](C)(O)C3)c12. The molecule has 252 valence electrons. The molecule has 5 heterocycles. The second-order valence-electron chi connectivity index (χ2n) is 13.7. The smallest absolute Gasteiger partial charge is 0.319 e. The van der Waals surface area contributed by atoms with Crippen molar-refractivity contribution in [1.29, 1.82) is 0 Å². The van der Waals surface area contributed by atoms with Gasteiger partial charge in [0.1, 0.15) is 28.0 Å². The first kappa shape index (κ1) is 32.2. The first-order chi connectivity index (χ1) is 22.5. The Morgan fingerprint density at radius 1 is 1.23 bits per heavy atom. The number of benzene rings is 1. The van der Waals surface area contributed by atoms with Crippen molar-refractivity contribution in [2.75, 3.05) is 58.5 Å². The lowest BCUT2D eigenvalue weighted by Crippen LogP contribution is -2.50. The normalized spacial score (nSPS) is 26.9. The first-order valence-electron chi connectivity index (χ1n) is 16.1. The molecule has 0 bridgehead atoms. The van der Waals surface area contributed by atoms with E-state index in [0.717, 1.165) is 38.6 Å². The Hall–Kier alpha value is -3.36. The van der Waals surface area contributed by atoms with Crippen LogP contribution >= 0.6 is 11.6 Å². The molecule has 2 saturated heterocycles. The number of halogens is 2. The lowest BCUT2D eigenvalue weighted by Gasteiger charge is -2.44. The molecular formula is C33H41ClFN7O5. The van der Waals surface area contributed by atoms with Crippen LogP contribution in [0.2, 0.25) is 5.02 Å². The lowest BCUT2D eigenvalue weighted by atomic mass is 9.76. The van der Waals surface area contributed by atoms with Gasteiger partial charge >= 0.3 is 6.01 Å². The third kappa shape index (κ3) is 5.65. The van der Waals surface area contributed by atoms with Gasteiger partial charge in [-0.05, 0) is 64.8 Å². The standard InChI is InChI=1S/C33H41ClFN7O5/c1-18-21(34)11-22-20(12-36-40-22)24(18)27-26(35)28-25(30(37-27)45-4)29(42-13-19(14-43)46-16-32(2,44)15-42)39-31(38-28)47-17-33-8-5-7-23(33)41(3)10-6-9-33/h11-12,19,23,43-44H,5-10,13-17H2,1-4H3,(H,36,40)/t19-,23-,32+,33-/m1/s1. The number of hydrogen-bond donors (Lipinski definition) is 3. The number of aliphatic hydroxyl groups is 2. The van der Waals surface area contributed by atoms with Gasteiger partial charge in [0.25, 0.3) is 0 Å². The molecule has 1 saturated carbocycles. The van der Waals surface area contributed by atoms with Crippen LogP contribution in [0.1, 0.15) is 44.6 Å². The highest BCUT2D eigenvalue weighted by atomic mass is 35.5. The number of nitrogens with zero attached hydrogens (tertiary/aromatic N) is 6. The number of methoxy groups -OCH3 is 1. The maximum absolute atomic E-state index is 17.1. The predicted molar refractivity (Wildman–Crippen MR) is 176 cm³/mol. The van der Waals surface area contributed by atoms with E-state index in [1.54, 1.807) is 31.0 Å². The molecule has 47 heavy (non-hydrogen) atoms. The van der Waals surface area contributed by atoms with Crippen molar-refractivity contribution in [1.82, 2.24) is 30.0 Å². The molecule has 14 heteroatoms. The molecule has 12 nitrogen and oxygen atoms in total. The molecule has 0 spiro atoms. The van der Waals surface area contributed by atoms with Crippen molar-refractivity contribution >= 4 is 39.2 Å². The Balaban J connectivity index is 1.42. The number of hydrogen-bond acceptors (Lipinski definition) is 11. The summed E-state index contributed by atoms with van der Waals surface area (Å²) in [5.74, 6) is -0.350. The highest BCUT2D eigenvalue weighted by Crippen LogP contribution is 2.48. The van der Waals surface area contributed by atoms with Crippen LogP contribution in [0, 0.1) is 18.2 Å². The van der Waals surface area contributed by atoms with E-state index < -0.39 is 17.5 Å². The van der Waals surface area contributed by atoms with Gasteiger partial charge in [0.2, 0.25) is 5.88 Å². The Bertz CT molecular complexity index is 1820. The average molecular weight is 670 g/mol. The summed E-state index contributed by atoms with van der Waals surface area (Å²) < 4.78 is 35.2. The fraction of sp³-hybridized carbons (Fsp3) is 0.576. The summed E-state index contributed by atoms with van der Waals surface area (Å²) in [7, 11) is 3.62. The van der Waals surface area contributed by atoms with Crippen LogP contribution < -0.4 is 14.4 Å². The average Bonchev–Trinajstić information content (AvgIpc) is 3.67. The number of aromatic amines is 1. The summed E-state index contributed by atoms with van der Waals surface area (Å²) >= 11 is 6.59. The zero-order chi connectivity index (χ0) is 33.1. The summed E-state index contributed by atoms with van der Waals surface area (Å²) in [6.07, 6.45) is 6.37. The third-order valence-corrected chi connectivity index (χ3v) is 10.6. The number of β-amino-alcohol motifs (C(OH)–C–C–N with tert-alkyl or cyclic N) is 1. The number of aliphatic hydroxyl groups excluding tert-OH is 1. The Morgan fingerprint density at radius 3 is 2.83 bits per heavy atom. The molecule has 1 aromatic carbocycles. The highest BCUT2D eigenvalue weighted by molar-refractivity contribution is 6.33. The summed E-state index contributed by atoms with van der Waals surface area (Å²) in [6, 6.07) is 2.16. The van der Waals surface area contributed by atoms with Crippen LogP contribution in [-0.2, 0) is 4.74 Å². The summed E-state index contributed by atoms with van der Waals surface area (Å²) in [4.78, 5) is 18.4. The fourth-order valence-electron chi connectivity index (χ4n) is 7.95. The summed E-state index contributed by atoms with van der Waals surface area (Å²) in [5.41, 5.74) is 0.332. The second-order valence-corrected chi connectivity index (χ2v) is 14.1. The molecule has 3 aromatic heterocycles. The third-order valence-electron chi connectivity index (χ3n) is 10.2. The number of likely N-dealkylation sites (tertiary alicyclic amines) is 1. The molecule has 2 aliphatic heterocycles. The van der Waals surface area contributed by atoms with Gasteiger partial charge in [-0.15, -0.1) is 0 Å². The van der Waals surface area contributed by atoms with Gasteiger partial charge in [0.15, 0.2) is 5.82 Å². The van der Waals surface area contributed by atoms with Crippen molar-refractivity contribution < 1.29 is 28.8 Å². The van der Waals surface area contributed by atoms with Gasteiger partial charge in [-0.25, -0.2) is 9.37 Å². The Kier molecular flexibility index (Phi) is 8.40. The van der Waals surface area contributed by atoms with Gasteiger partial charge in [-0.3, -0.25) is 5.10 Å². The Morgan fingerprint density at radius 2 is 2.04 bits per heavy atom. The van der Waals surface area contributed by atoms with Crippen LogP contribution in [0.15, 0.2) is 12.3 Å². The molecule has 4 atom stereocenters. The van der Waals surface area contributed by atoms with Crippen LogP contribution in [0.5, 0.6) is 11.9 Å². The molecule has 4 aromatic rings. The van der Waals surface area contributed by atoms with E-state index in [2.05, 4.69) is 32.1 Å². The number of piperidine rings is 1. The molecule has 0 amide bonds. The fourth-order valence-corrected chi connectivity index (χ4v) is 8.15. The number of pyridine rings is 1. The van der Waals surface area contributed by atoms with E-state index in [0.29, 0.717) is 39.7 Å². The van der Waals surface area contributed by atoms with Crippen LogP contribution in [0.25, 0.3) is 33.1 Å². The van der Waals surface area contributed by atoms with Gasteiger partial charge in [-0.1, -0.05) is 18.0 Å². The molecular weight excluding hydrogens is 629 g/mol. The van der Waals surface area contributed by atoms with Crippen molar-refractivity contribution in [3.05, 3.63) is 28.7 Å². The minimum atomic E-state index is -1.30. The minimum absolute atomic E-state index is 0.000799.